The van der Waals surface area contributed by atoms with Crippen molar-refractivity contribution in [1.29, 1.82) is 0 Å². The summed E-state index contributed by atoms with van der Waals surface area (Å²) >= 11 is 0. The molecule has 76 valence electrons. The smallest absolute Gasteiger partial charge is 0.407 e. The number of carboxylic acid groups (broad SMARTS) is 1. The van der Waals surface area contributed by atoms with E-state index in [1.165, 1.54) is 4.90 Å². The molecule has 0 radical (unpaired) electrons. The molecule has 1 aliphatic heterocycles. The minimum Gasteiger partial charge on any atom is -0.465 e. The van der Waals surface area contributed by atoms with Crippen molar-refractivity contribution in [1.82, 2.24) is 9.80 Å². The normalized spacial score (nSPS) is 23.6. The molecule has 0 saturated carbocycles. The average Bonchev–Trinajstić information content (AvgIpc) is 2.03. The Kier molecular flexibility index (Phi) is 3.54. The van der Waals surface area contributed by atoms with E-state index in [9.17, 15) is 4.79 Å². The van der Waals surface area contributed by atoms with E-state index in [2.05, 4.69) is 4.90 Å². The maximum atomic E-state index is 10.7. The predicted octanol–water partition coefficient (Wildman–Crippen LogP) is 0.938. The Morgan fingerprint density at radius 1 is 1.62 bits per heavy atom. The first-order valence-electron chi connectivity index (χ1n) is 4.72. The van der Waals surface area contributed by atoms with Crippen LogP contribution < -0.4 is 0 Å². The van der Waals surface area contributed by atoms with Gasteiger partial charge in [0.2, 0.25) is 0 Å². The highest BCUT2D eigenvalue weighted by atomic mass is 16.4. The Morgan fingerprint density at radius 2 is 2.31 bits per heavy atom. The predicted molar refractivity (Wildman–Crippen MR) is 50.9 cm³/mol. The van der Waals surface area contributed by atoms with Crippen LogP contribution in [0.2, 0.25) is 0 Å². The lowest BCUT2D eigenvalue weighted by Crippen LogP contribution is -2.41. The number of piperidine rings is 1. The van der Waals surface area contributed by atoms with E-state index in [0.29, 0.717) is 19.0 Å². The molecule has 1 fully saturated rings. The molecule has 1 saturated heterocycles. The highest BCUT2D eigenvalue weighted by Crippen LogP contribution is 2.16. The third-order valence-corrected chi connectivity index (χ3v) is 2.41. The van der Waals surface area contributed by atoms with Crippen molar-refractivity contribution < 1.29 is 9.90 Å². The number of likely N-dealkylation sites (tertiary alicyclic amines) is 1. The zero-order valence-electron chi connectivity index (χ0n) is 8.36. The first-order chi connectivity index (χ1) is 6.09. The molecule has 4 heteroatoms. The summed E-state index contributed by atoms with van der Waals surface area (Å²) in [4.78, 5) is 14.3. The zero-order chi connectivity index (χ0) is 9.84. The Morgan fingerprint density at radius 3 is 2.85 bits per heavy atom. The van der Waals surface area contributed by atoms with Crippen LogP contribution in [0.15, 0.2) is 0 Å². The van der Waals surface area contributed by atoms with Crippen LogP contribution in [0.4, 0.5) is 4.79 Å². The fourth-order valence-electron chi connectivity index (χ4n) is 1.90. The maximum Gasteiger partial charge on any atom is 0.407 e. The average molecular weight is 186 g/mol. The summed E-state index contributed by atoms with van der Waals surface area (Å²) in [7, 11) is 4.05. The Hall–Kier alpha value is -0.770. The van der Waals surface area contributed by atoms with Crippen LogP contribution in [-0.2, 0) is 0 Å². The molecule has 0 unspecified atom stereocenters. The summed E-state index contributed by atoms with van der Waals surface area (Å²) < 4.78 is 0. The largest absolute Gasteiger partial charge is 0.465 e. The molecule has 1 N–H and O–H groups in total. The number of hydrogen-bond donors (Lipinski definition) is 1. The Bertz CT molecular complexity index is 182. The van der Waals surface area contributed by atoms with Crippen LogP contribution >= 0.6 is 0 Å². The number of nitrogens with zero attached hydrogens (tertiary/aromatic N) is 2. The second-order valence-corrected chi connectivity index (χ2v) is 4.00. The SMILES string of the molecule is CN(C)C[C@@H]1CCCN(C(=O)O)C1. The van der Waals surface area contributed by atoms with Crippen molar-refractivity contribution in [2.75, 3.05) is 33.7 Å². The minimum atomic E-state index is -0.775. The van der Waals surface area contributed by atoms with Crippen molar-refractivity contribution in [2.24, 2.45) is 5.92 Å². The molecule has 0 aromatic carbocycles. The quantitative estimate of drug-likeness (QED) is 0.698. The van der Waals surface area contributed by atoms with Crippen molar-refractivity contribution in [3.05, 3.63) is 0 Å². The lowest BCUT2D eigenvalue weighted by atomic mass is 9.98. The fourth-order valence-corrected chi connectivity index (χ4v) is 1.90. The minimum absolute atomic E-state index is 0.514. The van der Waals surface area contributed by atoms with Gasteiger partial charge in [-0.15, -0.1) is 0 Å². The van der Waals surface area contributed by atoms with Crippen LogP contribution in [0, 0.1) is 5.92 Å². The second-order valence-electron chi connectivity index (χ2n) is 4.00. The van der Waals surface area contributed by atoms with Gasteiger partial charge < -0.3 is 14.9 Å². The Balaban J connectivity index is 2.37. The molecule has 0 aromatic rings. The van der Waals surface area contributed by atoms with E-state index in [-0.39, 0.29) is 0 Å². The van der Waals surface area contributed by atoms with Gasteiger partial charge >= 0.3 is 6.09 Å². The zero-order valence-corrected chi connectivity index (χ0v) is 8.36. The van der Waals surface area contributed by atoms with Gasteiger partial charge in [0.25, 0.3) is 0 Å². The van der Waals surface area contributed by atoms with Crippen LogP contribution in [0.25, 0.3) is 0 Å². The van der Waals surface area contributed by atoms with Gasteiger partial charge in [-0.2, -0.15) is 0 Å². The van der Waals surface area contributed by atoms with Crippen molar-refractivity contribution in [3.8, 4) is 0 Å². The van der Waals surface area contributed by atoms with Gasteiger partial charge in [0.15, 0.2) is 0 Å². The number of hydrogen-bond acceptors (Lipinski definition) is 2. The molecule has 13 heavy (non-hydrogen) atoms. The van der Waals surface area contributed by atoms with Gasteiger partial charge in [-0.05, 0) is 32.9 Å². The van der Waals surface area contributed by atoms with Gasteiger partial charge in [0.05, 0.1) is 0 Å². The van der Waals surface area contributed by atoms with E-state index in [4.69, 9.17) is 5.11 Å². The van der Waals surface area contributed by atoms with Gasteiger partial charge in [-0.25, -0.2) is 4.79 Å². The topological polar surface area (TPSA) is 43.8 Å². The van der Waals surface area contributed by atoms with E-state index in [0.717, 1.165) is 19.4 Å². The third kappa shape index (κ3) is 3.22. The highest BCUT2D eigenvalue weighted by Gasteiger charge is 2.23. The molecule has 1 aliphatic rings. The van der Waals surface area contributed by atoms with Crippen LogP contribution in [0.1, 0.15) is 12.8 Å². The van der Waals surface area contributed by atoms with Crippen molar-refractivity contribution in [2.45, 2.75) is 12.8 Å². The monoisotopic (exact) mass is 186 g/mol. The van der Waals surface area contributed by atoms with Gasteiger partial charge in [0.1, 0.15) is 0 Å². The summed E-state index contributed by atoms with van der Waals surface area (Å²) in [5.74, 6) is 0.514. The van der Waals surface area contributed by atoms with Crippen LogP contribution in [0.5, 0.6) is 0 Å². The number of amides is 1. The fraction of sp³-hybridized carbons (Fsp3) is 0.889. The lowest BCUT2D eigenvalue weighted by Gasteiger charge is -2.32. The molecule has 1 atom stereocenters. The summed E-state index contributed by atoms with van der Waals surface area (Å²) in [5.41, 5.74) is 0. The highest BCUT2D eigenvalue weighted by molar-refractivity contribution is 5.65. The molecular weight excluding hydrogens is 168 g/mol. The molecule has 0 spiro atoms. The van der Waals surface area contributed by atoms with Crippen LogP contribution in [0.3, 0.4) is 0 Å². The summed E-state index contributed by atoms with van der Waals surface area (Å²) in [6.45, 7) is 2.40. The number of carbonyl (C=O) groups is 1. The molecule has 0 aromatic heterocycles. The first kappa shape index (κ1) is 10.3. The Labute approximate surface area is 79.1 Å². The third-order valence-electron chi connectivity index (χ3n) is 2.41. The van der Waals surface area contributed by atoms with Gasteiger partial charge in [-0.3, -0.25) is 0 Å². The van der Waals surface area contributed by atoms with E-state index >= 15 is 0 Å². The molecule has 1 rings (SSSR count). The maximum absolute atomic E-state index is 10.7. The summed E-state index contributed by atoms with van der Waals surface area (Å²) in [6, 6.07) is 0. The lowest BCUT2D eigenvalue weighted by molar-refractivity contribution is 0.113. The van der Waals surface area contributed by atoms with Gasteiger partial charge in [0, 0.05) is 19.6 Å². The summed E-state index contributed by atoms with van der Waals surface area (Å²) in [6.07, 6.45) is 1.38. The number of rotatable bonds is 2. The first-order valence-corrected chi connectivity index (χ1v) is 4.72. The van der Waals surface area contributed by atoms with Crippen molar-refractivity contribution >= 4 is 6.09 Å². The van der Waals surface area contributed by atoms with Gasteiger partial charge in [-0.1, -0.05) is 0 Å². The second kappa shape index (κ2) is 4.46. The van der Waals surface area contributed by atoms with E-state index in [1.807, 2.05) is 14.1 Å². The summed E-state index contributed by atoms with van der Waals surface area (Å²) in [5, 5.41) is 8.80. The van der Waals surface area contributed by atoms with Crippen LogP contribution in [-0.4, -0.2) is 54.7 Å². The standard InChI is InChI=1S/C9H18N2O2/c1-10(2)6-8-4-3-5-11(7-8)9(12)13/h8H,3-7H2,1-2H3,(H,12,13)/t8-/m0/s1. The molecule has 1 amide bonds. The molecular formula is C9H18N2O2. The molecule has 4 nitrogen and oxygen atoms in total. The van der Waals surface area contributed by atoms with E-state index < -0.39 is 6.09 Å². The molecule has 0 aliphatic carbocycles. The van der Waals surface area contributed by atoms with Crippen molar-refractivity contribution in [3.63, 3.8) is 0 Å². The molecule has 1 heterocycles. The van der Waals surface area contributed by atoms with E-state index in [1.54, 1.807) is 0 Å². The molecule has 0 bridgehead atoms.